The maximum atomic E-state index is 6.19. The highest BCUT2D eigenvalue weighted by atomic mass is 16.5. The lowest BCUT2D eigenvalue weighted by molar-refractivity contribution is 0.306. The quantitative estimate of drug-likeness (QED) is 0.403. The fraction of sp³-hybridized carbons (Fsp3) is 0.115. The number of aromatic nitrogens is 2. The lowest BCUT2D eigenvalue weighted by Gasteiger charge is -2.05. The molecule has 0 radical (unpaired) electrons. The van der Waals surface area contributed by atoms with Gasteiger partial charge in [-0.05, 0) is 55.0 Å². The molecule has 31 heavy (non-hydrogen) atoms. The first-order valence-electron chi connectivity index (χ1n) is 10.2. The van der Waals surface area contributed by atoms with Gasteiger partial charge in [0.25, 0.3) is 0 Å². The van der Waals surface area contributed by atoms with Gasteiger partial charge in [0.2, 0.25) is 0 Å². The van der Waals surface area contributed by atoms with Crippen LogP contribution in [0, 0.1) is 0 Å². The standard InChI is InChI=1S/C26H23N3O2/c1-17-8-9-20(27-17)14-25-26(31-16-18-6-4-3-5-7-18)15-24(29-25)23-13-19-12-21(30-2)10-11-22(19)28-23/h3-15,28-29H,16H2,1-2H3. The minimum absolute atomic E-state index is 0.496. The topological polar surface area (TPSA) is 62.4 Å². The molecule has 2 N–H and O–H groups in total. The number of allylic oxidation sites excluding steroid dienone is 2. The van der Waals surface area contributed by atoms with Crippen LogP contribution in [0.1, 0.15) is 18.2 Å². The Morgan fingerprint density at radius 1 is 0.935 bits per heavy atom. The summed E-state index contributed by atoms with van der Waals surface area (Å²) in [6, 6.07) is 20.3. The van der Waals surface area contributed by atoms with Crippen LogP contribution in [-0.2, 0) is 6.61 Å². The van der Waals surface area contributed by atoms with E-state index in [0.29, 0.717) is 6.61 Å². The van der Waals surface area contributed by atoms with Gasteiger partial charge in [0, 0.05) is 22.7 Å². The molecule has 5 heteroatoms. The number of hydrogen-bond donors (Lipinski definition) is 2. The van der Waals surface area contributed by atoms with Gasteiger partial charge in [0.05, 0.1) is 29.9 Å². The molecule has 0 unspecified atom stereocenters. The highest BCUT2D eigenvalue weighted by molar-refractivity contribution is 5.97. The molecule has 2 aromatic heterocycles. The number of fused-ring (bicyclic) bond motifs is 1. The Balaban J connectivity index is 1.51. The molecule has 2 aromatic carbocycles. The highest BCUT2D eigenvalue weighted by Crippen LogP contribution is 2.32. The molecule has 0 saturated carbocycles. The molecule has 154 valence electrons. The first-order chi connectivity index (χ1) is 15.2. The Labute approximate surface area is 180 Å². The molecule has 0 atom stereocenters. The zero-order chi connectivity index (χ0) is 21.2. The fourth-order valence-electron chi connectivity index (χ4n) is 3.65. The smallest absolute Gasteiger partial charge is 0.145 e. The van der Waals surface area contributed by atoms with Crippen molar-refractivity contribution < 1.29 is 9.47 Å². The average molecular weight is 409 g/mol. The largest absolute Gasteiger partial charge is 0.497 e. The van der Waals surface area contributed by atoms with Crippen molar-refractivity contribution in [1.29, 1.82) is 0 Å². The summed E-state index contributed by atoms with van der Waals surface area (Å²) in [6.45, 7) is 2.49. The third-order valence-corrected chi connectivity index (χ3v) is 5.26. The molecule has 4 aromatic rings. The molecule has 0 saturated heterocycles. The second-order valence-electron chi connectivity index (χ2n) is 7.53. The van der Waals surface area contributed by atoms with E-state index in [0.717, 1.165) is 56.5 Å². The van der Waals surface area contributed by atoms with Crippen molar-refractivity contribution in [2.75, 3.05) is 7.11 Å². The number of H-pyrrole nitrogens is 2. The number of methoxy groups -OCH3 is 1. The second-order valence-corrected chi connectivity index (χ2v) is 7.53. The summed E-state index contributed by atoms with van der Waals surface area (Å²) < 4.78 is 11.5. The van der Waals surface area contributed by atoms with Crippen LogP contribution in [-0.4, -0.2) is 22.8 Å². The van der Waals surface area contributed by atoms with E-state index >= 15 is 0 Å². The summed E-state index contributed by atoms with van der Waals surface area (Å²) in [4.78, 5) is 11.5. The summed E-state index contributed by atoms with van der Waals surface area (Å²) in [5.41, 5.74) is 6.89. The van der Waals surface area contributed by atoms with E-state index in [1.54, 1.807) is 7.11 Å². The van der Waals surface area contributed by atoms with Crippen LogP contribution in [0.4, 0.5) is 0 Å². The number of ether oxygens (including phenoxy) is 2. The van der Waals surface area contributed by atoms with Crippen molar-refractivity contribution in [1.82, 2.24) is 9.97 Å². The maximum Gasteiger partial charge on any atom is 0.145 e. The molecule has 3 heterocycles. The van der Waals surface area contributed by atoms with Crippen LogP contribution >= 0.6 is 0 Å². The Kier molecular flexibility index (Phi) is 4.92. The van der Waals surface area contributed by atoms with E-state index in [9.17, 15) is 0 Å². The van der Waals surface area contributed by atoms with Gasteiger partial charge in [-0.1, -0.05) is 30.3 Å². The molecule has 5 nitrogen and oxygen atoms in total. The fourth-order valence-corrected chi connectivity index (χ4v) is 3.65. The lowest BCUT2D eigenvalue weighted by atomic mass is 10.2. The normalized spacial score (nSPS) is 14.4. The monoisotopic (exact) mass is 409 g/mol. The first-order valence-corrected chi connectivity index (χ1v) is 10.2. The first kappa shape index (κ1) is 19.0. The van der Waals surface area contributed by atoms with Crippen LogP contribution in [0.2, 0.25) is 0 Å². The number of aromatic amines is 2. The number of nitrogens with zero attached hydrogens (tertiary/aromatic N) is 1. The van der Waals surface area contributed by atoms with Gasteiger partial charge in [-0.2, -0.15) is 0 Å². The Bertz CT molecular complexity index is 1320. The van der Waals surface area contributed by atoms with Crippen molar-refractivity contribution >= 4 is 22.7 Å². The van der Waals surface area contributed by atoms with E-state index < -0.39 is 0 Å². The highest BCUT2D eigenvalue weighted by Gasteiger charge is 2.13. The minimum Gasteiger partial charge on any atom is -0.497 e. The van der Waals surface area contributed by atoms with Gasteiger partial charge in [-0.25, -0.2) is 0 Å². The van der Waals surface area contributed by atoms with Crippen LogP contribution in [0.15, 0.2) is 83.5 Å². The van der Waals surface area contributed by atoms with Crippen LogP contribution in [0.25, 0.3) is 28.4 Å². The summed E-state index contributed by atoms with van der Waals surface area (Å²) in [5, 5.41) is 1.09. The van der Waals surface area contributed by atoms with Crippen molar-refractivity contribution in [3.8, 4) is 22.9 Å². The van der Waals surface area contributed by atoms with Gasteiger partial charge >= 0.3 is 0 Å². The Morgan fingerprint density at radius 2 is 1.77 bits per heavy atom. The predicted octanol–water partition coefficient (Wildman–Crippen LogP) is 6.12. The molecule has 0 amide bonds. The molecule has 0 spiro atoms. The number of rotatable bonds is 6. The summed E-state index contributed by atoms with van der Waals surface area (Å²) >= 11 is 0. The number of benzene rings is 2. The van der Waals surface area contributed by atoms with Gasteiger partial charge < -0.3 is 19.4 Å². The van der Waals surface area contributed by atoms with Gasteiger partial charge in [0.15, 0.2) is 0 Å². The van der Waals surface area contributed by atoms with E-state index in [1.165, 1.54) is 0 Å². The molecule has 5 rings (SSSR count). The molecular formula is C26H23N3O2. The van der Waals surface area contributed by atoms with E-state index in [-0.39, 0.29) is 0 Å². The van der Waals surface area contributed by atoms with Crippen LogP contribution in [0.3, 0.4) is 0 Å². The van der Waals surface area contributed by atoms with E-state index in [2.05, 4.69) is 33.2 Å². The van der Waals surface area contributed by atoms with Crippen molar-refractivity contribution in [2.45, 2.75) is 13.5 Å². The number of aliphatic imine (C=N–C) groups is 1. The molecule has 0 bridgehead atoms. The third-order valence-electron chi connectivity index (χ3n) is 5.26. The Hall–Kier alpha value is -3.99. The zero-order valence-electron chi connectivity index (χ0n) is 17.5. The zero-order valence-corrected chi connectivity index (χ0v) is 17.5. The molecule has 1 aliphatic heterocycles. The lowest BCUT2D eigenvalue weighted by Crippen LogP contribution is -1.95. The molecule has 0 fully saturated rings. The molecule has 1 aliphatic rings. The van der Waals surface area contributed by atoms with E-state index in [1.807, 2.05) is 67.6 Å². The molecular weight excluding hydrogens is 386 g/mol. The summed E-state index contributed by atoms with van der Waals surface area (Å²) in [6.07, 6.45) is 6.03. The average Bonchev–Trinajstić information content (AvgIpc) is 3.51. The van der Waals surface area contributed by atoms with Crippen molar-refractivity contribution in [3.63, 3.8) is 0 Å². The van der Waals surface area contributed by atoms with Gasteiger partial charge in [0.1, 0.15) is 18.1 Å². The summed E-state index contributed by atoms with van der Waals surface area (Å²) in [5.74, 6) is 1.62. The van der Waals surface area contributed by atoms with Gasteiger partial charge in [-0.15, -0.1) is 0 Å². The van der Waals surface area contributed by atoms with Gasteiger partial charge in [-0.3, -0.25) is 4.99 Å². The molecule has 0 aliphatic carbocycles. The van der Waals surface area contributed by atoms with Crippen molar-refractivity contribution in [2.24, 2.45) is 4.99 Å². The number of nitrogens with one attached hydrogen (secondary N) is 2. The second kappa shape index (κ2) is 8.03. The van der Waals surface area contributed by atoms with Crippen molar-refractivity contribution in [3.05, 3.63) is 89.8 Å². The number of hydrogen-bond acceptors (Lipinski definition) is 3. The van der Waals surface area contributed by atoms with Crippen LogP contribution < -0.4 is 9.47 Å². The van der Waals surface area contributed by atoms with Crippen LogP contribution in [0.5, 0.6) is 11.5 Å². The minimum atomic E-state index is 0.496. The predicted molar refractivity (Wildman–Crippen MR) is 126 cm³/mol. The van der Waals surface area contributed by atoms with E-state index in [4.69, 9.17) is 9.47 Å². The Morgan fingerprint density at radius 3 is 2.55 bits per heavy atom. The summed E-state index contributed by atoms with van der Waals surface area (Å²) in [7, 11) is 1.68. The SMILES string of the molecule is COc1ccc2[nH]c(-c3cc(OCc4ccccc4)c(C=C4C=CC(C)=N4)[nH]3)cc2c1. The third kappa shape index (κ3) is 4.03. The maximum absolute atomic E-state index is 6.19.